The van der Waals surface area contributed by atoms with Gasteiger partial charge in [-0.05, 0) is 104 Å². The highest BCUT2D eigenvalue weighted by molar-refractivity contribution is 5.76. The standard InChI is InChI=1S/C30H40F4N2O2/c1-14(4-7-21-35-27-25(33)23(31)24(32)26(34)28(27)36-21)17-5-6-18-22-19(9-11-30(17,18)3)29(2)10-8-16(37)12-15(29)13-20(22)38/h14-20,22,37-38H,4-13H2,1-3H3,(H,35,36)/t14?,15-,16+,17+,18-,19-,20-,22-,29-,30+/m0/s1. The Morgan fingerprint density at radius 1 is 0.895 bits per heavy atom. The van der Waals surface area contributed by atoms with Gasteiger partial charge in [-0.15, -0.1) is 0 Å². The quantitative estimate of drug-likeness (QED) is 0.232. The van der Waals surface area contributed by atoms with Crippen LogP contribution in [0.3, 0.4) is 0 Å². The average molecular weight is 537 g/mol. The van der Waals surface area contributed by atoms with E-state index in [9.17, 15) is 27.8 Å². The Morgan fingerprint density at radius 2 is 1.58 bits per heavy atom. The minimum absolute atomic E-state index is 0.122. The lowest BCUT2D eigenvalue weighted by Crippen LogP contribution is -2.58. The van der Waals surface area contributed by atoms with Crippen LogP contribution < -0.4 is 0 Å². The van der Waals surface area contributed by atoms with Crippen LogP contribution >= 0.6 is 0 Å². The number of nitrogens with one attached hydrogen (secondary N) is 1. The zero-order chi connectivity index (χ0) is 27.1. The van der Waals surface area contributed by atoms with Crippen LogP contribution in [0.15, 0.2) is 0 Å². The fourth-order valence-corrected chi connectivity index (χ4v) is 10.0. The number of rotatable bonds is 4. The molecule has 4 nitrogen and oxygen atoms in total. The Bertz CT molecular complexity index is 1190. The van der Waals surface area contributed by atoms with Gasteiger partial charge in [-0.3, -0.25) is 0 Å². The van der Waals surface area contributed by atoms with Gasteiger partial charge in [0.05, 0.1) is 12.2 Å². The summed E-state index contributed by atoms with van der Waals surface area (Å²) in [7, 11) is 0. The minimum atomic E-state index is -1.84. The lowest BCUT2D eigenvalue weighted by Gasteiger charge is -2.62. The van der Waals surface area contributed by atoms with Gasteiger partial charge in [-0.2, -0.15) is 0 Å². The zero-order valence-electron chi connectivity index (χ0n) is 22.5. The molecule has 4 aliphatic carbocycles. The van der Waals surface area contributed by atoms with Gasteiger partial charge in [0.1, 0.15) is 16.9 Å². The van der Waals surface area contributed by atoms with E-state index in [1.807, 2.05) is 0 Å². The van der Waals surface area contributed by atoms with Crippen LogP contribution in [-0.4, -0.2) is 32.4 Å². The molecule has 0 amide bonds. The minimum Gasteiger partial charge on any atom is -0.393 e. The van der Waals surface area contributed by atoms with E-state index in [2.05, 4.69) is 30.7 Å². The molecule has 4 saturated carbocycles. The molecule has 0 bridgehead atoms. The molecule has 1 aromatic carbocycles. The second-order valence-electron chi connectivity index (χ2n) is 13.6. The second-order valence-corrected chi connectivity index (χ2v) is 13.6. The Labute approximate surface area is 221 Å². The van der Waals surface area contributed by atoms with Crippen molar-refractivity contribution >= 4 is 11.0 Å². The molecule has 6 rings (SSSR count). The molecule has 4 aliphatic rings. The normalized spacial score (nSPS) is 41.6. The van der Waals surface area contributed by atoms with Gasteiger partial charge in [-0.1, -0.05) is 20.8 Å². The number of nitrogens with zero attached hydrogens (tertiary/aromatic N) is 1. The molecule has 1 unspecified atom stereocenters. The molecule has 4 fully saturated rings. The molecule has 0 spiro atoms. The van der Waals surface area contributed by atoms with Crippen LogP contribution in [0.4, 0.5) is 17.6 Å². The SMILES string of the molecule is CC(CCc1nc2c(F)c(F)c(F)c(F)c2[nH]1)[C@H]1CC[C@H]2[C@@H]3[C@@H](O)C[C@@H]4C[C@H](O)CC[C@]4(C)[C@H]3CC[C@]12C. The lowest BCUT2D eigenvalue weighted by atomic mass is 9.43. The molecule has 0 radical (unpaired) electrons. The number of hydrogen-bond donors (Lipinski definition) is 3. The number of fused-ring (bicyclic) bond motifs is 6. The molecule has 3 N–H and O–H groups in total. The smallest absolute Gasteiger partial charge is 0.199 e. The van der Waals surface area contributed by atoms with Crippen LogP contribution in [0.2, 0.25) is 0 Å². The predicted octanol–water partition coefficient (Wildman–Crippen LogP) is 6.68. The Kier molecular flexibility index (Phi) is 6.42. The fraction of sp³-hybridized carbons (Fsp3) is 0.767. The summed E-state index contributed by atoms with van der Waals surface area (Å²) >= 11 is 0. The van der Waals surface area contributed by atoms with Crippen molar-refractivity contribution in [2.75, 3.05) is 0 Å². The fourth-order valence-electron chi connectivity index (χ4n) is 10.0. The van der Waals surface area contributed by atoms with Gasteiger partial charge in [0.15, 0.2) is 23.3 Å². The molecule has 10 atom stereocenters. The molecule has 1 aromatic heterocycles. The van der Waals surface area contributed by atoms with E-state index in [1.165, 1.54) is 0 Å². The summed E-state index contributed by atoms with van der Waals surface area (Å²) in [6.45, 7) is 7.05. The van der Waals surface area contributed by atoms with Gasteiger partial charge in [0.25, 0.3) is 0 Å². The average Bonchev–Trinajstić information content (AvgIpc) is 3.47. The van der Waals surface area contributed by atoms with E-state index >= 15 is 0 Å². The van der Waals surface area contributed by atoms with Crippen LogP contribution in [0.1, 0.15) is 84.4 Å². The Hall–Kier alpha value is -1.67. The number of aliphatic hydroxyl groups is 2. The molecular weight excluding hydrogens is 496 g/mol. The first-order valence-corrected chi connectivity index (χ1v) is 14.5. The molecular formula is C30H40F4N2O2. The van der Waals surface area contributed by atoms with Crippen molar-refractivity contribution in [3.63, 3.8) is 0 Å². The van der Waals surface area contributed by atoms with E-state index in [0.29, 0.717) is 47.8 Å². The van der Waals surface area contributed by atoms with E-state index in [4.69, 9.17) is 0 Å². The molecule has 8 heteroatoms. The molecule has 0 aliphatic heterocycles. The van der Waals surface area contributed by atoms with Crippen LogP contribution in [0.5, 0.6) is 0 Å². The third kappa shape index (κ3) is 3.79. The zero-order valence-corrected chi connectivity index (χ0v) is 22.5. The highest BCUT2D eigenvalue weighted by Gasteiger charge is 2.62. The number of imidazole rings is 1. The summed E-state index contributed by atoms with van der Waals surface area (Å²) in [5.74, 6) is -3.79. The van der Waals surface area contributed by atoms with Crippen molar-refractivity contribution in [1.82, 2.24) is 9.97 Å². The van der Waals surface area contributed by atoms with Gasteiger partial charge in [-0.25, -0.2) is 22.5 Å². The maximum atomic E-state index is 14.2. The van der Waals surface area contributed by atoms with Crippen molar-refractivity contribution in [3.05, 3.63) is 29.1 Å². The van der Waals surface area contributed by atoms with E-state index in [0.717, 1.165) is 57.8 Å². The molecule has 2 aromatic rings. The highest BCUT2D eigenvalue weighted by atomic mass is 19.2. The van der Waals surface area contributed by atoms with Gasteiger partial charge >= 0.3 is 0 Å². The lowest BCUT2D eigenvalue weighted by molar-refractivity contribution is -0.174. The van der Waals surface area contributed by atoms with Crippen molar-refractivity contribution in [2.45, 2.75) is 97.2 Å². The van der Waals surface area contributed by atoms with E-state index in [1.54, 1.807) is 0 Å². The molecule has 38 heavy (non-hydrogen) atoms. The number of halogens is 4. The van der Waals surface area contributed by atoms with Gasteiger partial charge in [0, 0.05) is 6.42 Å². The van der Waals surface area contributed by atoms with Crippen LogP contribution in [-0.2, 0) is 6.42 Å². The molecule has 0 saturated heterocycles. The van der Waals surface area contributed by atoms with Crippen molar-refractivity contribution in [2.24, 2.45) is 46.3 Å². The van der Waals surface area contributed by atoms with Crippen molar-refractivity contribution in [1.29, 1.82) is 0 Å². The van der Waals surface area contributed by atoms with Crippen LogP contribution in [0.25, 0.3) is 11.0 Å². The maximum absolute atomic E-state index is 14.2. The topological polar surface area (TPSA) is 69.1 Å². The summed E-state index contributed by atoms with van der Waals surface area (Å²) in [5.41, 5.74) is -0.608. The van der Waals surface area contributed by atoms with Crippen molar-refractivity contribution in [3.8, 4) is 0 Å². The summed E-state index contributed by atoms with van der Waals surface area (Å²) < 4.78 is 55.6. The number of aliphatic hydroxyl groups excluding tert-OH is 2. The van der Waals surface area contributed by atoms with E-state index in [-0.39, 0.29) is 23.0 Å². The number of H-pyrrole nitrogens is 1. The van der Waals surface area contributed by atoms with Gasteiger partial charge < -0.3 is 15.2 Å². The molecule has 1 heterocycles. The van der Waals surface area contributed by atoms with Gasteiger partial charge in [0.2, 0.25) is 0 Å². The second kappa shape index (κ2) is 9.18. The third-order valence-electron chi connectivity index (χ3n) is 12.0. The highest BCUT2D eigenvalue weighted by Crippen LogP contribution is 2.68. The number of aromatic nitrogens is 2. The molecule has 210 valence electrons. The largest absolute Gasteiger partial charge is 0.393 e. The van der Waals surface area contributed by atoms with E-state index < -0.39 is 34.3 Å². The number of hydrogen-bond acceptors (Lipinski definition) is 3. The number of aryl methyl sites for hydroxylation is 1. The Morgan fingerprint density at radius 3 is 2.34 bits per heavy atom. The number of aromatic amines is 1. The van der Waals surface area contributed by atoms with Crippen molar-refractivity contribution < 1.29 is 27.8 Å². The number of benzene rings is 1. The first kappa shape index (κ1) is 26.5. The first-order valence-electron chi connectivity index (χ1n) is 14.5. The van der Waals surface area contributed by atoms with Crippen LogP contribution in [0, 0.1) is 69.6 Å². The first-order chi connectivity index (χ1) is 18.0. The monoisotopic (exact) mass is 536 g/mol. The summed E-state index contributed by atoms with van der Waals surface area (Å²) in [5, 5.41) is 21.7. The Balaban J connectivity index is 1.18. The summed E-state index contributed by atoms with van der Waals surface area (Å²) in [6, 6.07) is 0. The summed E-state index contributed by atoms with van der Waals surface area (Å²) in [4.78, 5) is 6.74. The predicted molar refractivity (Wildman–Crippen MR) is 136 cm³/mol. The summed E-state index contributed by atoms with van der Waals surface area (Å²) in [6.07, 6.45) is 8.58. The third-order valence-corrected chi connectivity index (χ3v) is 12.0. The maximum Gasteiger partial charge on any atom is 0.199 e.